The minimum absolute atomic E-state index is 0.0743. The molecule has 6 heteroatoms. The van der Waals surface area contributed by atoms with Gasteiger partial charge in [-0.25, -0.2) is 0 Å². The van der Waals surface area contributed by atoms with E-state index in [1.165, 1.54) is 11.6 Å². The summed E-state index contributed by atoms with van der Waals surface area (Å²) in [5, 5.41) is 30.0. The Morgan fingerprint density at radius 2 is 2.00 bits per heavy atom. The highest BCUT2D eigenvalue weighted by atomic mass is 16.9. The van der Waals surface area contributed by atoms with Crippen LogP contribution in [0.15, 0.2) is 23.8 Å². The number of fused-ring (bicyclic) bond motifs is 1. The van der Waals surface area contributed by atoms with Gasteiger partial charge in [0.15, 0.2) is 0 Å². The van der Waals surface area contributed by atoms with E-state index in [0.29, 0.717) is 18.3 Å². The summed E-state index contributed by atoms with van der Waals surface area (Å²) < 4.78 is 0. The smallest absolute Gasteiger partial charge is 0.294 e. The summed E-state index contributed by atoms with van der Waals surface area (Å²) in [5.74, 6) is 1.53. The van der Waals surface area contributed by atoms with Crippen molar-refractivity contribution < 1.29 is 20.1 Å². The van der Waals surface area contributed by atoms with Crippen molar-refractivity contribution in [2.24, 2.45) is 17.3 Å². The molecule has 1 fully saturated rings. The average Bonchev–Trinajstić information content (AvgIpc) is 2.56. The van der Waals surface area contributed by atoms with Crippen molar-refractivity contribution in [1.29, 1.82) is 0 Å². The first-order valence-electron chi connectivity index (χ1n) is 9.72. The van der Waals surface area contributed by atoms with Gasteiger partial charge in [-0.05, 0) is 61.5 Å². The maximum Gasteiger partial charge on any atom is 0.294 e. The highest BCUT2D eigenvalue weighted by molar-refractivity contribution is 5.51. The van der Waals surface area contributed by atoms with Crippen molar-refractivity contribution in [3.05, 3.63) is 45.0 Å². The van der Waals surface area contributed by atoms with Gasteiger partial charge in [0, 0.05) is 17.5 Å². The molecule has 0 aromatic heterocycles. The summed E-state index contributed by atoms with van der Waals surface area (Å²) in [6.07, 6.45) is 6.39. The predicted molar refractivity (Wildman–Crippen MR) is 102 cm³/mol. The summed E-state index contributed by atoms with van der Waals surface area (Å²) >= 11 is 0. The van der Waals surface area contributed by atoms with E-state index in [-0.39, 0.29) is 29.4 Å². The zero-order chi connectivity index (χ0) is 19.8. The number of allylic oxidation sites excluding steroid dienone is 2. The van der Waals surface area contributed by atoms with Crippen LogP contribution >= 0.6 is 0 Å². The van der Waals surface area contributed by atoms with Crippen LogP contribution in [0.4, 0.5) is 0 Å². The number of phenols is 2. The molecule has 0 amide bonds. The van der Waals surface area contributed by atoms with Crippen molar-refractivity contribution in [3.63, 3.8) is 0 Å². The molecule has 1 saturated carbocycles. The number of benzene rings is 1. The first-order chi connectivity index (χ1) is 12.7. The van der Waals surface area contributed by atoms with Crippen LogP contribution in [0.3, 0.4) is 0 Å². The zero-order valence-corrected chi connectivity index (χ0v) is 16.3. The molecule has 0 aliphatic heterocycles. The minimum atomic E-state index is -0.767. The van der Waals surface area contributed by atoms with E-state index < -0.39 is 5.09 Å². The Bertz CT molecular complexity index is 755. The Morgan fingerprint density at radius 3 is 2.63 bits per heavy atom. The van der Waals surface area contributed by atoms with Gasteiger partial charge in [0.25, 0.3) is 5.09 Å². The van der Waals surface area contributed by atoms with E-state index in [1.807, 2.05) is 0 Å². The lowest BCUT2D eigenvalue weighted by Crippen LogP contribution is -2.50. The van der Waals surface area contributed by atoms with E-state index in [1.54, 1.807) is 6.07 Å². The van der Waals surface area contributed by atoms with Crippen LogP contribution in [0.1, 0.15) is 63.5 Å². The Morgan fingerprint density at radius 1 is 1.26 bits per heavy atom. The number of phenolic OH excluding ortho intramolecular Hbond substituents is 2. The quantitative estimate of drug-likeness (QED) is 0.297. The van der Waals surface area contributed by atoms with Gasteiger partial charge >= 0.3 is 0 Å². The minimum Gasteiger partial charge on any atom is -0.508 e. The molecule has 1 aromatic rings. The number of nitrogens with zero attached hydrogens (tertiary/aromatic N) is 1. The molecule has 4 rings (SSSR count). The molecule has 1 aromatic carbocycles. The molecule has 0 unspecified atom stereocenters. The molecule has 0 radical (unpaired) electrons. The van der Waals surface area contributed by atoms with Gasteiger partial charge in [-0.3, -0.25) is 0 Å². The summed E-state index contributed by atoms with van der Waals surface area (Å²) in [7, 11) is 0. The Balaban J connectivity index is 1.76. The Labute approximate surface area is 160 Å². The van der Waals surface area contributed by atoms with E-state index >= 15 is 0 Å². The van der Waals surface area contributed by atoms with Gasteiger partial charge in [0.1, 0.15) is 11.5 Å². The second-order valence-electron chi connectivity index (χ2n) is 8.56. The molecule has 2 N–H and O–H groups in total. The zero-order valence-electron chi connectivity index (χ0n) is 16.3. The molecular formula is C21H29NO5. The van der Waals surface area contributed by atoms with Gasteiger partial charge in [0.2, 0.25) is 0 Å². The molecule has 0 heterocycles. The molecule has 0 saturated heterocycles. The third kappa shape index (κ3) is 3.75. The summed E-state index contributed by atoms with van der Waals surface area (Å²) in [5.41, 5.74) is 3.52. The number of aromatic hydroxyl groups is 2. The lowest BCUT2D eigenvalue weighted by molar-refractivity contribution is -0.757. The average molecular weight is 375 g/mol. The number of hydrogen-bond acceptors (Lipinski definition) is 5. The molecule has 3 atom stereocenters. The van der Waals surface area contributed by atoms with E-state index in [4.69, 9.17) is 0 Å². The molecule has 148 valence electrons. The second-order valence-corrected chi connectivity index (χ2v) is 8.56. The monoisotopic (exact) mass is 375 g/mol. The molecule has 3 aliphatic rings. The number of aryl methyl sites for hydroxylation is 1. The first kappa shape index (κ1) is 19.5. The SMILES string of the molecule is CC1=C[C@@H](c2c(O)cc(O)cc2CCCCCO[N+](=O)[O-])[C@H]2C[C@@H]1C2(C)C. The van der Waals surface area contributed by atoms with Crippen LogP contribution in [0.2, 0.25) is 0 Å². The maximum absolute atomic E-state index is 10.6. The molecule has 6 nitrogen and oxygen atoms in total. The van der Waals surface area contributed by atoms with Crippen LogP contribution in [0.5, 0.6) is 11.5 Å². The number of rotatable bonds is 8. The van der Waals surface area contributed by atoms with Crippen molar-refractivity contribution in [1.82, 2.24) is 0 Å². The Hall–Kier alpha value is -2.24. The van der Waals surface area contributed by atoms with Crippen molar-refractivity contribution >= 4 is 0 Å². The lowest BCUT2D eigenvalue weighted by Gasteiger charge is -2.59. The molecule has 0 spiro atoms. The number of hydrogen-bond donors (Lipinski definition) is 2. The second kappa shape index (κ2) is 7.41. The summed E-state index contributed by atoms with van der Waals surface area (Å²) in [6, 6.07) is 3.19. The van der Waals surface area contributed by atoms with Crippen molar-refractivity contribution in [3.8, 4) is 11.5 Å². The fraction of sp³-hybridized carbons (Fsp3) is 0.619. The van der Waals surface area contributed by atoms with Gasteiger partial charge in [-0.15, -0.1) is 10.1 Å². The third-order valence-corrected chi connectivity index (χ3v) is 6.62. The van der Waals surface area contributed by atoms with Crippen LogP contribution in [-0.4, -0.2) is 21.9 Å². The fourth-order valence-corrected chi connectivity index (χ4v) is 5.15. The topological polar surface area (TPSA) is 92.8 Å². The van der Waals surface area contributed by atoms with Gasteiger partial charge in [-0.2, -0.15) is 0 Å². The molecule has 3 aliphatic carbocycles. The third-order valence-electron chi connectivity index (χ3n) is 6.62. The van der Waals surface area contributed by atoms with E-state index in [2.05, 4.69) is 31.7 Å². The summed E-state index contributed by atoms with van der Waals surface area (Å²) in [4.78, 5) is 14.5. The van der Waals surface area contributed by atoms with Crippen LogP contribution in [0, 0.1) is 27.4 Å². The molecule has 27 heavy (non-hydrogen) atoms. The fourth-order valence-electron chi connectivity index (χ4n) is 5.15. The maximum atomic E-state index is 10.6. The molecular weight excluding hydrogens is 346 g/mol. The van der Waals surface area contributed by atoms with Crippen molar-refractivity contribution in [2.45, 2.75) is 58.8 Å². The van der Waals surface area contributed by atoms with E-state index in [9.17, 15) is 20.3 Å². The first-order valence-corrected chi connectivity index (χ1v) is 9.72. The molecule has 2 bridgehead atoms. The van der Waals surface area contributed by atoms with Gasteiger partial charge in [0.05, 0.1) is 6.61 Å². The van der Waals surface area contributed by atoms with Crippen LogP contribution in [0.25, 0.3) is 0 Å². The standard InChI is InChI=1S/C21H29NO5/c1-13-9-16(18-12-17(13)21(18,2)3)20-14(10-15(23)11-19(20)24)7-5-4-6-8-27-22(25)26/h9-11,16-18,23-24H,4-8,12H2,1-3H3/t16-,17+,18-/m1/s1. The van der Waals surface area contributed by atoms with Crippen molar-refractivity contribution in [2.75, 3.05) is 6.61 Å². The normalized spacial score (nSPS) is 25.4. The van der Waals surface area contributed by atoms with Crippen LogP contribution in [-0.2, 0) is 11.3 Å². The van der Waals surface area contributed by atoms with Gasteiger partial charge < -0.3 is 15.1 Å². The van der Waals surface area contributed by atoms with E-state index in [0.717, 1.165) is 36.8 Å². The van der Waals surface area contributed by atoms with Crippen LogP contribution < -0.4 is 0 Å². The highest BCUT2D eigenvalue weighted by Crippen LogP contribution is 2.64. The Kier molecular flexibility index (Phi) is 5.36. The predicted octanol–water partition coefficient (Wildman–Crippen LogP) is 4.72. The number of unbranched alkanes of at least 4 members (excludes halogenated alkanes) is 2. The highest BCUT2D eigenvalue weighted by Gasteiger charge is 2.55. The van der Waals surface area contributed by atoms with Gasteiger partial charge in [-0.1, -0.05) is 31.9 Å². The largest absolute Gasteiger partial charge is 0.508 e. The summed E-state index contributed by atoms with van der Waals surface area (Å²) in [6.45, 7) is 6.90. The lowest BCUT2D eigenvalue weighted by atomic mass is 9.45.